The second kappa shape index (κ2) is 10.1. The van der Waals surface area contributed by atoms with Crippen LogP contribution in [0.3, 0.4) is 0 Å². The van der Waals surface area contributed by atoms with Crippen molar-refractivity contribution in [1.82, 2.24) is 0 Å². The fourth-order valence-electron chi connectivity index (χ4n) is 3.31. The number of benzene rings is 1. The summed E-state index contributed by atoms with van der Waals surface area (Å²) in [5, 5.41) is 0. The maximum Gasteiger partial charge on any atom is 1.00 e. The van der Waals surface area contributed by atoms with Crippen LogP contribution in [-0.4, -0.2) is 6.79 Å². The average molecular weight is 384 g/mol. The molecule has 0 saturated heterocycles. The van der Waals surface area contributed by atoms with Crippen molar-refractivity contribution in [3.63, 3.8) is 0 Å². The average Bonchev–Trinajstić information content (AvgIpc) is 3.38. The first-order valence-electron chi connectivity index (χ1n) is 8.29. The maximum atomic E-state index is 10.7. The summed E-state index contributed by atoms with van der Waals surface area (Å²) >= 11 is 0. The van der Waals surface area contributed by atoms with Crippen molar-refractivity contribution in [2.45, 2.75) is 51.4 Å². The van der Waals surface area contributed by atoms with Gasteiger partial charge in [0.2, 0.25) is 0 Å². The van der Waals surface area contributed by atoms with Crippen LogP contribution in [0.5, 0.6) is 5.75 Å². The molecule has 0 radical (unpaired) electrons. The van der Waals surface area contributed by atoms with E-state index in [-0.39, 0.29) is 59.1 Å². The molecular weight excluding hydrogens is 361 g/mol. The number of rotatable bonds is 8. The minimum Gasteiger partial charge on any atom is -0.790 e. The van der Waals surface area contributed by atoms with Gasteiger partial charge in [-0.05, 0) is 60.5 Å². The smallest absolute Gasteiger partial charge is 0.790 e. The van der Waals surface area contributed by atoms with Gasteiger partial charge in [0.05, 0.1) is 7.82 Å². The van der Waals surface area contributed by atoms with E-state index in [1.807, 2.05) is 18.2 Å². The molecule has 2 atom stereocenters. The molecule has 8 heteroatoms. The first-order valence-corrected chi connectivity index (χ1v) is 9.75. The van der Waals surface area contributed by atoms with Gasteiger partial charge >= 0.3 is 59.1 Å². The van der Waals surface area contributed by atoms with Crippen LogP contribution in [0.4, 0.5) is 0 Å². The minimum atomic E-state index is -5.02. The number of ether oxygens (including phenoxy) is 1. The Kier molecular flexibility index (Phi) is 9.73. The molecule has 3 rings (SSSR count). The molecule has 0 aromatic heterocycles. The first kappa shape index (κ1) is 24.2. The van der Waals surface area contributed by atoms with Crippen molar-refractivity contribution >= 4 is 7.82 Å². The Morgan fingerprint density at radius 1 is 1.04 bits per heavy atom. The molecule has 0 N–H and O–H groups in total. The Bertz CT molecular complexity index is 577. The van der Waals surface area contributed by atoms with E-state index in [0.717, 1.165) is 11.1 Å². The third-order valence-electron chi connectivity index (χ3n) is 5.13. The number of para-hydroxylation sites is 1. The quantitative estimate of drug-likeness (QED) is 0.270. The molecule has 0 aliphatic heterocycles. The number of phosphoric ester groups is 1. The van der Waals surface area contributed by atoms with E-state index in [9.17, 15) is 14.4 Å². The van der Waals surface area contributed by atoms with Crippen LogP contribution in [0, 0.1) is 11.8 Å². The Balaban J connectivity index is 0.00000156. The SMILES string of the molecule is CC(c1cccc(C(C)C2CC2)c1OCOP(=O)([O-])[O-])C1CC1.[Na+].[Na+]. The summed E-state index contributed by atoms with van der Waals surface area (Å²) < 4.78 is 20.6. The fourth-order valence-corrected chi connectivity index (χ4v) is 3.49. The Labute approximate surface area is 194 Å². The van der Waals surface area contributed by atoms with Gasteiger partial charge in [-0.3, -0.25) is 0 Å². The van der Waals surface area contributed by atoms with Crippen LogP contribution in [0.15, 0.2) is 18.2 Å². The van der Waals surface area contributed by atoms with E-state index >= 15 is 0 Å². The molecule has 2 fully saturated rings. The molecule has 2 aliphatic carbocycles. The monoisotopic (exact) mass is 384 g/mol. The molecule has 128 valence electrons. The Morgan fingerprint density at radius 3 is 1.84 bits per heavy atom. The molecule has 25 heavy (non-hydrogen) atoms. The van der Waals surface area contributed by atoms with Gasteiger partial charge in [-0.1, -0.05) is 32.0 Å². The van der Waals surface area contributed by atoms with Crippen molar-refractivity contribution in [2.75, 3.05) is 6.79 Å². The number of phosphoric acid groups is 1. The van der Waals surface area contributed by atoms with E-state index in [2.05, 4.69) is 18.4 Å². The second-order valence-corrected chi connectivity index (χ2v) is 8.01. The summed E-state index contributed by atoms with van der Waals surface area (Å²) in [4.78, 5) is 21.3. The Hall–Kier alpha value is 1.13. The molecule has 0 bridgehead atoms. The van der Waals surface area contributed by atoms with Gasteiger partial charge in [0.1, 0.15) is 5.75 Å². The van der Waals surface area contributed by atoms with E-state index in [0.29, 0.717) is 29.4 Å². The van der Waals surface area contributed by atoms with E-state index in [1.165, 1.54) is 25.7 Å². The molecule has 0 amide bonds. The standard InChI is InChI=1S/C17H25O5P.2Na/c1-11(13-6-7-13)15-4-3-5-16(12(2)14-8-9-14)17(15)21-10-22-23(18,19)20;;/h3-5,11-14H,6-10H2,1-2H3,(H2,18,19,20);;/q;2*+1/p-2. The van der Waals surface area contributed by atoms with Gasteiger partial charge in [0, 0.05) is 0 Å². The largest absolute Gasteiger partial charge is 1.00 e. The molecule has 1 aromatic rings. The topological polar surface area (TPSA) is 81.7 Å². The Morgan fingerprint density at radius 2 is 1.48 bits per heavy atom. The van der Waals surface area contributed by atoms with Crippen molar-refractivity contribution in [3.05, 3.63) is 29.3 Å². The van der Waals surface area contributed by atoms with Crippen molar-refractivity contribution in [1.29, 1.82) is 0 Å². The fraction of sp³-hybridized carbons (Fsp3) is 0.647. The zero-order valence-corrected chi connectivity index (χ0v) is 20.5. The van der Waals surface area contributed by atoms with Crippen molar-refractivity contribution in [3.8, 4) is 5.75 Å². The van der Waals surface area contributed by atoms with Crippen LogP contribution in [0.25, 0.3) is 0 Å². The van der Waals surface area contributed by atoms with Crippen LogP contribution >= 0.6 is 7.82 Å². The summed E-state index contributed by atoms with van der Waals surface area (Å²) in [5.41, 5.74) is 2.18. The van der Waals surface area contributed by atoms with Gasteiger partial charge in [-0.25, -0.2) is 0 Å². The molecule has 0 spiro atoms. The predicted molar refractivity (Wildman–Crippen MR) is 82.9 cm³/mol. The third kappa shape index (κ3) is 6.90. The van der Waals surface area contributed by atoms with Crippen LogP contribution < -0.4 is 73.6 Å². The summed E-state index contributed by atoms with van der Waals surface area (Å²) in [6, 6.07) is 6.12. The van der Waals surface area contributed by atoms with Gasteiger partial charge in [0.15, 0.2) is 6.79 Å². The van der Waals surface area contributed by atoms with Crippen LogP contribution in [-0.2, 0) is 9.09 Å². The molecule has 2 unspecified atom stereocenters. The molecule has 0 heterocycles. The normalized spacial score (nSPS) is 19.4. The van der Waals surface area contributed by atoms with Crippen molar-refractivity contribution < 1.29 is 82.7 Å². The van der Waals surface area contributed by atoms with E-state index in [4.69, 9.17) is 4.74 Å². The summed E-state index contributed by atoms with van der Waals surface area (Å²) in [7, 11) is -5.02. The van der Waals surface area contributed by atoms with E-state index < -0.39 is 14.6 Å². The number of hydrogen-bond acceptors (Lipinski definition) is 5. The van der Waals surface area contributed by atoms with Crippen LogP contribution in [0.2, 0.25) is 0 Å². The van der Waals surface area contributed by atoms with Crippen LogP contribution in [0.1, 0.15) is 62.5 Å². The molecule has 2 aliphatic rings. The zero-order valence-electron chi connectivity index (χ0n) is 15.6. The minimum absolute atomic E-state index is 0. The predicted octanol–water partition coefficient (Wildman–Crippen LogP) is -3.10. The summed E-state index contributed by atoms with van der Waals surface area (Å²) in [6.07, 6.45) is 4.87. The summed E-state index contributed by atoms with van der Waals surface area (Å²) in [5.74, 6) is 2.76. The van der Waals surface area contributed by atoms with Gasteiger partial charge in [-0.2, -0.15) is 0 Å². The maximum absolute atomic E-state index is 10.7. The van der Waals surface area contributed by atoms with Crippen molar-refractivity contribution in [2.24, 2.45) is 11.8 Å². The van der Waals surface area contributed by atoms with Gasteiger partial charge in [-0.15, -0.1) is 0 Å². The summed E-state index contributed by atoms with van der Waals surface area (Å²) in [6.45, 7) is 3.81. The number of hydrogen-bond donors (Lipinski definition) is 0. The molecule has 1 aromatic carbocycles. The zero-order chi connectivity index (χ0) is 16.6. The molecule has 2 saturated carbocycles. The van der Waals surface area contributed by atoms with Gasteiger partial charge < -0.3 is 23.6 Å². The third-order valence-corrected chi connectivity index (χ3v) is 5.55. The molecular formula is C17H23Na2O5P. The van der Waals surface area contributed by atoms with E-state index in [1.54, 1.807) is 0 Å². The first-order chi connectivity index (χ1) is 10.9. The second-order valence-electron chi connectivity index (χ2n) is 6.86. The molecule has 5 nitrogen and oxygen atoms in total. The van der Waals surface area contributed by atoms with Gasteiger partial charge in [0.25, 0.3) is 0 Å².